The number of methoxy groups -OCH3 is 1. The number of carbonyl (C=O) groups excluding carboxylic acids is 1. The second kappa shape index (κ2) is 4.41. The molecule has 96 valence electrons. The number of ether oxygens (including phenoxy) is 1. The fraction of sp³-hybridized carbons (Fsp3) is 0.667. The molecule has 0 aromatic carbocycles. The summed E-state index contributed by atoms with van der Waals surface area (Å²) < 4.78 is 5.39. The van der Waals surface area contributed by atoms with Crippen molar-refractivity contribution in [3.8, 4) is 0 Å². The Balaban J connectivity index is 3.23. The number of hydrogen-bond acceptors (Lipinski definition) is 2. The minimum Gasteiger partial charge on any atom is -0.373 e. The summed E-state index contributed by atoms with van der Waals surface area (Å²) in [5, 5.41) is 0. The molecular formula is C15H24O2. The zero-order valence-electron chi connectivity index (χ0n) is 12.0. The lowest BCUT2D eigenvalue weighted by molar-refractivity contribution is -0.114. The van der Waals surface area contributed by atoms with E-state index in [9.17, 15) is 4.79 Å². The van der Waals surface area contributed by atoms with Gasteiger partial charge in [0.25, 0.3) is 0 Å². The van der Waals surface area contributed by atoms with Gasteiger partial charge in [0, 0.05) is 18.3 Å². The molecule has 0 amide bonds. The first-order valence-corrected chi connectivity index (χ1v) is 6.09. The molecule has 0 fully saturated rings. The molecule has 2 heteroatoms. The SMILES string of the molecule is COC1C=C(C(C)(C)C)C(=O)C(C(C)(C)C)=C1. The van der Waals surface area contributed by atoms with Gasteiger partial charge in [-0.1, -0.05) is 41.5 Å². The van der Waals surface area contributed by atoms with Crippen LogP contribution in [0.3, 0.4) is 0 Å². The highest BCUT2D eigenvalue weighted by Gasteiger charge is 2.35. The molecule has 0 aliphatic heterocycles. The van der Waals surface area contributed by atoms with Gasteiger partial charge in [-0.3, -0.25) is 4.79 Å². The van der Waals surface area contributed by atoms with Crippen LogP contribution in [0.5, 0.6) is 0 Å². The average Bonchev–Trinajstić information content (AvgIpc) is 2.14. The van der Waals surface area contributed by atoms with Crippen LogP contribution in [0.1, 0.15) is 41.5 Å². The van der Waals surface area contributed by atoms with E-state index >= 15 is 0 Å². The van der Waals surface area contributed by atoms with E-state index < -0.39 is 0 Å². The first kappa shape index (κ1) is 14.2. The van der Waals surface area contributed by atoms with Gasteiger partial charge in [0.05, 0.1) is 6.10 Å². The van der Waals surface area contributed by atoms with E-state index in [-0.39, 0.29) is 22.7 Å². The summed E-state index contributed by atoms with van der Waals surface area (Å²) in [5.41, 5.74) is 1.44. The summed E-state index contributed by atoms with van der Waals surface area (Å²) >= 11 is 0. The third-order valence-electron chi connectivity index (χ3n) is 3.04. The van der Waals surface area contributed by atoms with Gasteiger partial charge in [-0.15, -0.1) is 0 Å². The highest BCUT2D eigenvalue weighted by molar-refractivity contribution is 6.10. The highest BCUT2D eigenvalue weighted by atomic mass is 16.5. The molecule has 0 unspecified atom stereocenters. The van der Waals surface area contributed by atoms with Crippen molar-refractivity contribution in [2.45, 2.75) is 47.6 Å². The molecule has 0 aromatic rings. The van der Waals surface area contributed by atoms with Gasteiger partial charge in [0.1, 0.15) is 0 Å². The van der Waals surface area contributed by atoms with Crippen LogP contribution in [0, 0.1) is 10.8 Å². The van der Waals surface area contributed by atoms with Crippen molar-refractivity contribution in [1.29, 1.82) is 0 Å². The van der Waals surface area contributed by atoms with Crippen LogP contribution in [0.4, 0.5) is 0 Å². The van der Waals surface area contributed by atoms with E-state index in [4.69, 9.17) is 4.74 Å². The maximum atomic E-state index is 12.5. The monoisotopic (exact) mass is 236 g/mol. The van der Waals surface area contributed by atoms with Gasteiger partial charge in [-0.2, -0.15) is 0 Å². The van der Waals surface area contributed by atoms with Gasteiger partial charge >= 0.3 is 0 Å². The molecule has 0 bridgehead atoms. The summed E-state index contributed by atoms with van der Waals surface area (Å²) in [7, 11) is 1.67. The van der Waals surface area contributed by atoms with Gasteiger partial charge in [-0.05, 0) is 23.0 Å². The Morgan fingerprint density at radius 2 is 1.29 bits per heavy atom. The summed E-state index contributed by atoms with van der Waals surface area (Å²) in [5.74, 6) is 0.165. The summed E-state index contributed by atoms with van der Waals surface area (Å²) in [6, 6.07) is 0. The molecule has 1 aliphatic carbocycles. The Hall–Kier alpha value is -0.890. The van der Waals surface area contributed by atoms with Gasteiger partial charge in [0.15, 0.2) is 5.78 Å². The quantitative estimate of drug-likeness (QED) is 0.696. The molecular weight excluding hydrogens is 212 g/mol. The van der Waals surface area contributed by atoms with Gasteiger partial charge < -0.3 is 4.74 Å². The molecule has 0 radical (unpaired) electrons. The maximum absolute atomic E-state index is 12.5. The molecule has 0 heterocycles. The Bertz CT molecular complexity index is 339. The predicted octanol–water partition coefficient (Wildman–Crippen LogP) is 3.53. The van der Waals surface area contributed by atoms with E-state index in [0.29, 0.717) is 0 Å². The fourth-order valence-electron chi connectivity index (χ4n) is 1.99. The molecule has 0 saturated heterocycles. The minimum atomic E-state index is -0.140. The summed E-state index contributed by atoms with van der Waals surface area (Å²) in [6.07, 6.45) is 3.80. The molecule has 0 saturated carbocycles. The minimum absolute atomic E-state index is 0.0869. The molecule has 0 spiro atoms. The molecule has 1 aliphatic rings. The Kier molecular flexibility index (Phi) is 3.68. The number of allylic oxidation sites excluding steroid dienone is 2. The number of hydrogen-bond donors (Lipinski definition) is 0. The number of rotatable bonds is 1. The van der Waals surface area contributed by atoms with Crippen molar-refractivity contribution in [3.05, 3.63) is 23.3 Å². The van der Waals surface area contributed by atoms with E-state index in [2.05, 4.69) is 41.5 Å². The van der Waals surface area contributed by atoms with Crippen molar-refractivity contribution >= 4 is 5.78 Å². The van der Waals surface area contributed by atoms with Crippen LogP contribution in [-0.2, 0) is 9.53 Å². The smallest absolute Gasteiger partial charge is 0.185 e. The Morgan fingerprint density at radius 1 is 0.941 bits per heavy atom. The maximum Gasteiger partial charge on any atom is 0.185 e. The summed E-state index contributed by atoms with van der Waals surface area (Å²) in [4.78, 5) is 12.5. The van der Waals surface area contributed by atoms with E-state index in [1.807, 2.05) is 12.2 Å². The van der Waals surface area contributed by atoms with E-state index in [0.717, 1.165) is 11.1 Å². The van der Waals surface area contributed by atoms with Crippen molar-refractivity contribution in [2.24, 2.45) is 10.8 Å². The first-order chi connectivity index (χ1) is 7.57. The fourth-order valence-corrected chi connectivity index (χ4v) is 1.99. The highest BCUT2D eigenvalue weighted by Crippen LogP contribution is 2.37. The van der Waals surface area contributed by atoms with Crippen molar-refractivity contribution in [2.75, 3.05) is 7.11 Å². The topological polar surface area (TPSA) is 26.3 Å². The average molecular weight is 236 g/mol. The number of carbonyl (C=O) groups is 1. The van der Waals surface area contributed by atoms with Crippen LogP contribution in [0.15, 0.2) is 23.3 Å². The third-order valence-corrected chi connectivity index (χ3v) is 3.04. The van der Waals surface area contributed by atoms with Gasteiger partial charge in [-0.25, -0.2) is 0 Å². The van der Waals surface area contributed by atoms with E-state index in [1.165, 1.54) is 0 Å². The Morgan fingerprint density at radius 3 is 1.53 bits per heavy atom. The standard InChI is InChI=1S/C15H24O2/c1-14(2,3)11-8-10(17-7)9-12(13(11)16)15(4,5)6/h8-10H,1-7H3. The lowest BCUT2D eigenvalue weighted by Crippen LogP contribution is -2.31. The normalized spacial score (nSPS) is 19.1. The van der Waals surface area contributed by atoms with E-state index in [1.54, 1.807) is 7.11 Å². The first-order valence-electron chi connectivity index (χ1n) is 6.09. The second-order valence-corrected chi connectivity index (χ2v) is 6.69. The lowest BCUT2D eigenvalue weighted by Gasteiger charge is -2.32. The molecule has 1 rings (SSSR count). The second-order valence-electron chi connectivity index (χ2n) is 6.69. The van der Waals surface area contributed by atoms with Crippen LogP contribution in [0.25, 0.3) is 0 Å². The predicted molar refractivity (Wildman–Crippen MR) is 70.9 cm³/mol. The van der Waals surface area contributed by atoms with Gasteiger partial charge in [0.2, 0.25) is 0 Å². The van der Waals surface area contributed by atoms with Crippen molar-refractivity contribution < 1.29 is 9.53 Å². The molecule has 17 heavy (non-hydrogen) atoms. The largest absolute Gasteiger partial charge is 0.373 e. The summed E-state index contributed by atoms with van der Waals surface area (Å²) in [6.45, 7) is 12.4. The lowest BCUT2D eigenvalue weighted by atomic mass is 9.72. The van der Waals surface area contributed by atoms with Crippen LogP contribution >= 0.6 is 0 Å². The molecule has 0 N–H and O–H groups in total. The van der Waals surface area contributed by atoms with Crippen molar-refractivity contribution in [1.82, 2.24) is 0 Å². The van der Waals surface area contributed by atoms with Crippen molar-refractivity contribution in [3.63, 3.8) is 0 Å². The molecule has 2 nitrogen and oxygen atoms in total. The number of Topliss-reactive ketones (excluding diaryl/α,β-unsaturated/α-hetero) is 1. The van der Waals surface area contributed by atoms with Crippen LogP contribution < -0.4 is 0 Å². The third kappa shape index (κ3) is 3.06. The molecule has 0 atom stereocenters. The van der Waals surface area contributed by atoms with Crippen LogP contribution in [-0.4, -0.2) is 19.0 Å². The molecule has 0 aromatic heterocycles. The zero-order valence-corrected chi connectivity index (χ0v) is 12.0. The number of ketones is 1. The Labute approximate surface area is 105 Å². The zero-order chi connectivity index (χ0) is 13.4. The van der Waals surface area contributed by atoms with Crippen LogP contribution in [0.2, 0.25) is 0 Å².